The zero-order valence-corrected chi connectivity index (χ0v) is 13.4. The van der Waals surface area contributed by atoms with Gasteiger partial charge in [-0.2, -0.15) is 0 Å². The summed E-state index contributed by atoms with van der Waals surface area (Å²) in [4.78, 5) is 0. The van der Waals surface area contributed by atoms with Gasteiger partial charge in [0.15, 0.2) is 0 Å². The molecule has 0 heterocycles. The van der Waals surface area contributed by atoms with Crippen molar-refractivity contribution in [2.75, 3.05) is 16.7 Å². The fraction of sp³-hybridized carbons (Fsp3) is 0.538. The van der Waals surface area contributed by atoms with E-state index < -0.39 is 10.0 Å². The average Bonchev–Trinajstić information content (AvgIpc) is 2.38. The first-order chi connectivity index (χ1) is 8.64. The molecule has 5 heteroatoms. The first kappa shape index (κ1) is 15.9. The Labute approximate surface area is 124 Å². The van der Waals surface area contributed by atoms with E-state index in [1.165, 1.54) is 0 Å². The summed E-state index contributed by atoms with van der Waals surface area (Å²) >= 11 is 2.34. The van der Waals surface area contributed by atoms with Crippen molar-refractivity contribution in [3.8, 4) is 0 Å². The second-order valence-corrected chi connectivity index (χ2v) is 7.20. The third kappa shape index (κ3) is 7.33. The van der Waals surface area contributed by atoms with Crippen molar-refractivity contribution in [1.29, 1.82) is 0 Å². The average molecular weight is 381 g/mol. The Hall–Kier alpha value is -0.140. The molecule has 1 N–H and O–H groups in total. The summed E-state index contributed by atoms with van der Waals surface area (Å²) in [5.74, 6) is 0.170. The monoisotopic (exact) mass is 381 g/mol. The fourth-order valence-corrected chi connectivity index (χ4v) is 3.24. The third-order valence-corrected chi connectivity index (χ3v) is 4.78. The summed E-state index contributed by atoms with van der Waals surface area (Å²) in [5.41, 5.74) is 1.06. The van der Waals surface area contributed by atoms with Crippen LogP contribution in [-0.2, 0) is 16.4 Å². The number of rotatable bonds is 9. The minimum absolute atomic E-state index is 0.170. The van der Waals surface area contributed by atoms with Crippen LogP contribution in [0.1, 0.15) is 24.8 Å². The van der Waals surface area contributed by atoms with E-state index >= 15 is 0 Å². The standard InChI is InChI=1S/C13H20INO2S/c14-10-5-2-6-11-15-18(16,17)12-9-13-7-3-1-4-8-13/h1,3-4,7-8,15H,2,5-6,9-12H2. The van der Waals surface area contributed by atoms with Gasteiger partial charge in [-0.1, -0.05) is 59.3 Å². The lowest BCUT2D eigenvalue weighted by atomic mass is 10.2. The minimum Gasteiger partial charge on any atom is -0.215 e. The number of nitrogens with one attached hydrogen (secondary N) is 1. The smallest absolute Gasteiger partial charge is 0.211 e. The molecule has 0 aliphatic heterocycles. The van der Waals surface area contributed by atoms with Crippen molar-refractivity contribution >= 4 is 32.6 Å². The van der Waals surface area contributed by atoms with E-state index in [4.69, 9.17) is 0 Å². The molecule has 0 spiro atoms. The molecule has 0 unspecified atom stereocenters. The molecule has 0 aromatic heterocycles. The SMILES string of the molecule is O=S(=O)(CCc1ccccc1)NCCCCCI. The maximum Gasteiger partial charge on any atom is 0.211 e. The van der Waals surface area contributed by atoms with E-state index in [1.807, 2.05) is 30.3 Å². The molecule has 18 heavy (non-hydrogen) atoms. The van der Waals surface area contributed by atoms with E-state index in [0.717, 1.165) is 29.3 Å². The lowest BCUT2D eigenvalue weighted by molar-refractivity contribution is 0.575. The van der Waals surface area contributed by atoms with Crippen LogP contribution in [0.5, 0.6) is 0 Å². The molecular formula is C13H20INO2S. The molecule has 0 bridgehead atoms. The Balaban J connectivity index is 2.23. The van der Waals surface area contributed by atoms with Gasteiger partial charge in [-0.3, -0.25) is 0 Å². The number of alkyl halides is 1. The predicted molar refractivity (Wildman–Crippen MR) is 84.7 cm³/mol. The first-order valence-corrected chi connectivity index (χ1v) is 9.39. The second-order valence-electron chi connectivity index (χ2n) is 4.20. The number of benzene rings is 1. The lowest BCUT2D eigenvalue weighted by Gasteiger charge is -2.06. The molecule has 1 aromatic rings. The molecule has 1 rings (SSSR count). The zero-order valence-electron chi connectivity index (χ0n) is 10.4. The van der Waals surface area contributed by atoms with E-state index in [2.05, 4.69) is 27.3 Å². The van der Waals surface area contributed by atoms with Gasteiger partial charge in [-0.05, 0) is 29.3 Å². The van der Waals surface area contributed by atoms with Crippen LogP contribution in [-0.4, -0.2) is 25.1 Å². The van der Waals surface area contributed by atoms with Gasteiger partial charge in [0, 0.05) is 6.54 Å². The molecule has 0 radical (unpaired) electrons. The highest BCUT2D eigenvalue weighted by atomic mass is 127. The van der Waals surface area contributed by atoms with Gasteiger partial charge in [-0.25, -0.2) is 13.1 Å². The molecule has 1 aromatic carbocycles. The first-order valence-electron chi connectivity index (χ1n) is 6.21. The Bertz CT molecular complexity index is 420. The maximum atomic E-state index is 11.7. The van der Waals surface area contributed by atoms with Crippen molar-refractivity contribution in [3.05, 3.63) is 35.9 Å². The van der Waals surface area contributed by atoms with Crippen LogP contribution in [0.25, 0.3) is 0 Å². The van der Waals surface area contributed by atoms with Crippen molar-refractivity contribution in [2.24, 2.45) is 0 Å². The normalized spacial score (nSPS) is 11.6. The predicted octanol–water partition coefficient (Wildman–Crippen LogP) is 2.75. The number of unbranched alkanes of at least 4 members (excludes halogenated alkanes) is 2. The number of halogens is 1. The summed E-state index contributed by atoms with van der Waals surface area (Å²) in [6.45, 7) is 0.563. The van der Waals surface area contributed by atoms with Gasteiger partial charge >= 0.3 is 0 Å². The Morgan fingerprint density at radius 1 is 1.06 bits per heavy atom. The molecule has 0 fully saturated rings. The number of aryl methyl sites for hydroxylation is 1. The molecule has 0 atom stereocenters. The highest BCUT2D eigenvalue weighted by Crippen LogP contribution is 2.02. The van der Waals surface area contributed by atoms with Crippen LogP contribution in [0.3, 0.4) is 0 Å². The molecule has 0 saturated heterocycles. The van der Waals surface area contributed by atoms with E-state index in [1.54, 1.807) is 0 Å². The number of sulfonamides is 1. The summed E-state index contributed by atoms with van der Waals surface area (Å²) in [6.07, 6.45) is 3.74. The summed E-state index contributed by atoms with van der Waals surface area (Å²) in [5, 5.41) is 0. The van der Waals surface area contributed by atoms with Crippen molar-refractivity contribution in [2.45, 2.75) is 25.7 Å². The zero-order chi connectivity index (χ0) is 13.3. The fourth-order valence-electron chi connectivity index (χ4n) is 1.59. The van der Waals surface area contributed by atoms with Gasteiger partial charge in [0.05, 0.1) is 5.75 Å². The van der Waals surface area contributed by atoms with Crippen LogP contribution in [0, 0.1) is 0 Å². The van der Waals surface area contributed by atoms with E-state index in [-0.39, 0.29) is 5.75 Å². The van der Waals surface area contributed by atoms with Gasteiger partial charge in [0.25, 0.3) is 0 Å². The topological polar surface area (TPSA) is 46.2 Å². The molecule has 0 aliphatic rings. The van der Waals surface area contributed by atoms with Crippen molar-refractivity contribution in [1.82, 2.24) is 4.72 Å². The molecular weight excluding hydrogens is 361 g/mol. The Morgan fingerprint density at radius 3 is 2.44 bits per heavy atom. The Morgan fingerprint density at radius 2 is 1.78 bits per heavy atom. The quantitative estimate of drug-likeness (QED) is 0.406. The molecule has 0 amide bonds. The Kier molecular flexibility index (Phi) is 7.85. The lowest BCUT2D eigenvalue weighted by Crippen LogP contribution is -2.28. The maximum absolute atomic E-state index is 11.7. The van der Waals surface area contributed by atoms with Crippen LogP contribution >= 0.6 is 22.6 Å². The molecule has 102 valence electrons. The largest absolute Gasteiger partial charge is 0.215 e. The van der Waals surface area contributed by atoms with E-state index in [9.17, 15) is 8.42 Å². The highest BCUT2D eigenvalue weighted by Gasteiger charge is 2.09. The van der Waals surface area contributed by atoms with Gasteiger partial charge in [0.1, 0.15) is 0 Å². The van der Waals surface area contributed by atoms with Crippen LogP contribution in [0.15, 0.2) is 30.3 Å². The third-order valence-electron chi connectivity index (χ3n) is 2.63. The summed E-state index contributed by atoms with van der Waals surface area (Å²) < 4.78 is 27.2. The highest BCUT2D eigenvalue weighted by molar-refractivity contribution is 14.1. The van der Waals surface area contributed by atoms with Gasteiger partial charge in [0.2, 0.25) is 10.0 Å². The molecule has 0 saturated carbocycles. The van der Waals surface area contributed by atoms with Gasteiger partial charge < -0.3 is 0 Å². The number of hydrogen-bond donors (Lipinski definition) is 1. The summed E-state index contributed by atoms with van der Waals surface area (Å²) in [7, 11) is -3.12. The molecule has 3 nitrogen and oxygen atoms in total. The molecule has 0 aliphatic carbocycles. The summed E-state index contributed by atoms with van der Waals surface area (Å²) in [6, 6.07) is 9.70. The van der Waals surface area contributed by atoms with Crippen molar-refractivity contribution in [3.63, 3.8) is 0 Å². The van der Waals surface area contributed by atoms with Crippen LogP contribution in [0.2, 0.25) is 0 Å². The minimum atomic E-state index is -3.12. The van der Waals surface area contributed by atoms with E-state index in [0.29, 0.717) is 13.0 Å². The van der Waals surface area contributed by atoms with Gasteiger partial charge in [-0.15, -0.1) is 0 Å². The number of hydrogen-bond acceptors (Lipinski definition) is 2. The van der Waals surface area contributed by atoms with Crippen LogP contribution in [0.4, 0.5) is 0 Å². The van der Waals surface area contributed by atoms with Crippen LogP contribution < -0.4 is 4.72 Å². The van der Waals surface area contributed by atoms with Crippen molar-refractivity contribution < 1.29 is 8.42 Å². The second kappa shape index (κ2) is 8.87.